The summed E-state index contributed by atoms with van der Waals surface area (Å²) in [6, 6.07) is 0. The van der Waals surface area contributed by atoms with Gasteiger partial charge in [-0.25, -0.2) is 13.1 Å². The summed E-state index contributed by atoms with van der Waals surface area (Å²) in [7, 11) is -3.80. The molecule has 19 heavy (non-hydrogen) atoms. The van der Waals surface area contributed by atoms with Crippen molar-refractivity contribution in [2.75, 3.05) is 0 Å². The van der Waals surface area contributed by atoms with Crippen molar-refractivity contribution in [1.82, 2.24) is 24.6 Å². The maximum atomic E-state index is 11.8. The molecule has 11 heteroatoms. The van der Waals surface area contributed by atoms with Crippen LogP contribution in [0.5, 0.6) is 0 Å². The lowest BCUT2D eigenvalue weighted by molar-refractivity contribution is -0.137. The zero-order valence-electron chi connectivity index (χ0n) is 9.42. The maximum absolute atomic E-state index is 11.8. The average molecular weight is 287 g/mol. The van der Waals surface area contributed by atoms with E-state index in [0.29, 0.717) is 0 Å². The first kappa shape index (κ1) is 13.2. The first-order valence-corrected chi connectivity index (χ1v) is 6.45. The highest BCUT2D eigenvalue weighted by Crippen LogP contribution is 2.07. The summed E-state index contributed by atoms with van der Waals surface area (Å²) in [4.78, 5) is 14.0. The van der Waals surface area contributed by atoms with Crippen molar-refractivity contribution in [1.29, 1.82) is 0 Å². The number of aromatic nitrogens is 4. The largest absolute Gasteiger partial charge is 0.480 e. The van der Waals surface area contributed by atoms with Crippen LogP contribution >= 0.6 is 0 Å². The quantitative estimate of drug-likeness (QED) is 0.677. The van der Waals surface area contributed by atoms with Crippen LogP contribution in [0.1, 0.15) is 5.82 Å². The van der Waals surface area contributed by atoms with Crippen molar-refractivity contribution in [3.8, 4) is 0 Å². The Morgan fingerprint density at radius 3 is 2.95 bits per heavy atom. The van der Waals surface area contributed by atoms with E-state index in [1.807, 2.05) is 0 Å². The Bertz CT molecular complexity index is 662. The average Bonchev–Trinajstić information content (AvgIpc) is 2.96. The smallest absolute Gasteiger partial charge is 0.325 e. The van der Waals surface area contributed by atoms with Crippen molar-refractivity contribution in [2.24, 2.45) is 0 Å². The van der Waals surface area contributed by atoms with Gasteiger partial charge in [0.15, 0.2) is 5.82 Å². The van der Waals surface area contributed by atoms with E-state index in [4.69, 9.17) is 5.11 Å². The van der Waals surface area contributed by atoms with Crippen LogP contribution in [0, 0.1) is 0 Å². The minimum Gasteiger partial charge on any atom is -0.480 e. The second kappa shape index (κ2) is 5.16. The first-order chi connectivity index (χ1) is 8.97. The summed E-state index contributed by atoms with van der Waals surface area (Å²) >= 11 is 0. The molecule has 102 valence electrons. The molecule has 2 N–H and O–H groups in total. The van der Waals surface area contributed by atoms with Gasteiger partial charge in [0.2, 0.25) is 16.4 Å². The highest BCUT2D eigenvalue weighted by Gasteiger charge is 2.17. The molecule has 0 spiro atoms. The third-order valence-corrected chi connectivity index (χ3v) is 3.40. The Labute approximate surface area is 107 Å². The lowest BCUT2D eigenvalue weighted by Gasteiger charge is -2.00. The van der Waals surface area contributed by atoms with Gasteiger partial charge in [-0.1, -0.05) is 5.16 Å². The van der Waals surface area contributed by atoms with Crippen molar-refractivity contribution in [3.63, 3.8) is 0 Å². The van der Waals surface area contributed by atoms with Crippen molar-refractivity contribution in [3.05, 3.63) is 24.6 Å². The Balaban J connectivity index is 2.06. The molecule has 0 fully saturated rings. The molecule has 0 aliphatic rings. The second-order valence-corrected chi connectivity index (χ2v) is 5.21. The number of nitrogens with zero attached hydrogens (tertiary/aromatic N) is 4. The summed E-state index contributed by atoms with van der Waals surface area (Å²) in [5.41, 5.74) is 0. The molecular formula is C8H9N5O5S. The zero-order valence-corrected chi connectivity index (χ0v) is 10.2. The van der Waals surface area contributed by atoms with Gasteiger partial charge in [-0.3, -0.25) is 9.48 Å². The summed E-state index contributed by atoms with van der Waals surface area (Å²) in [5, 5.41) is 15.6. The second-order valence-electron chi connectivity index (χ2n) is 3.44. The lowest BCUT2D eigenvalue weighted by Crippen LogP contribution is -2.23. The van der Waals surface area contributed by atoms with Gasteiger partial charge in [-0.05, 0) is 0 Å². The molecule has 0 saturated carbocycles. The molecule has 2 aromatic heterocycles. The Kier molecular flexibility index (Phi) is 3.57. The first-order valence-electron chi connectivity index (χ1n) is 4.96. The predicted molar refractivity (Wildman–Crippen MR) is 58.2 cm³/mol. The van der Waals surface area contributed by atoms with Gasteiger partial charge in [0.1, 0.15) is 11.4 Å². The van der Waals surface area contributed by atoms with E-state index >= 15 is 0 Å². The normalized spacial score (nSPS) is 11.6. The number of sulfonamides is 1. The van der Waals surface area contributed by atoms with Gasteiger partial charge in [-0.15, -0.1) is 0 Å². The summed E-state index contributed by atoms with van der Waals surface area (Å²) in [6.45, 7) is -0.552. The van der Waals surface area contributed by atoms with Gasteiger partial charge < -0.3 is 9.63 Å². The van der Waals surface area contributed by atoms with Gasteiger partial charge in [0, 0.05) is 6.20 Å². The van der Waals surface area contributed by atoms with Crippen LogP contribution < -0.4 is 4.72 Å². The van der Waals surface area contributed by atoms with E-state index in [1.165, 1.54) is 0 Å². The van der Waals surface area contributed by atoms with E-state index in [0.717, 1.165) is 23.5 Å². The highest BCUT2D eigenvalue weighted by atomic mass is 32.2. The van der Waals surface area contributed by atoms with E-state index in [-0.39, 0.29) is 17.3 Å². The Morgan fingerprint density at radius 1 is 1.53 bits per heavy atom. The van der Waals surface area contributed by atoms with Gasteiger partial charge >= 0.3 is 5.97 Å². The molecule has 2 rings (SSSR count). The molecule has 0 saturated heterocycles. The topological polar surface area (TPSA) is 140 Å². The minimum absolute atomic E-state index is 0.136. The number of carboxylic acids is 1. The molecule has 0 aliphatic heterocycles. The zero-order chi connectivity index (χ0) is 13.9. The van der Waals surface area contributed by atoms with Gasteiger partial charge in [-0.2, -0.15) is 10.1 Å². The van der Waals surface area contributed by atoms with E-state index in [9.17, 15) is 13.2 Å². The fraction of sp³-hybridized carbons (Fsp3) is 0.250. The summed E-state index contributed by atoms with van der Waals surface area (Å²) < 4.78 is 31.3. The Hall–Kier alpha value is -2.27. The third kappa shape index (κ3) is 3.35. The van der Waals surface area contributed by atoms with Crippen LogP contribution in [0.2, 0.25) is 0 Å². The monoisotopic (exact) mass is 287 g/mol. The number of nitrogens with one attached hydrogen (secondary N) is 1. The van der Waals surface area contributed by atoms with Crippen LogP contribution in [-0.2, 0) is 27.9 Å². The number of rotatable bonds is 6. The molecule has 0 atom stereocenters. The molecule has 2 aromatic rings. The number of carboxylic acid groups (broad SMARTS) is 1. The van der Waals surface area contributed by atoms with E-state index in [1.54, 1.807) is 0 Å². The number of hydrogen-bond acceptors (Lipinski definition) is 7. The molecule has 0 radical (unpaired) electrons. The number of hydrogen-bond donors (Lipinski definition) is 2. The molecule has 0 amide bonds. The van der Waals surface area contributed by atoms with Crippen molar-refractivity contribution in [2.45, 2.75) is 18.0 Å². The molecule has 10 nitrogen and oxygen atoms in total. The van der Waals surface area contributed by atoms with Crippen LogP contribution in [0.3, 0.4) is 0 Å². The predicted octanol–water partition coefficient (Wildman–Crippen LogP) is -1.17. The highest BCUT2D eigenvalue weighted by molar-refractivity contribution is 7.89. The summed E-state index contributed by atoms with van der Waals surface area (Å²) in [6.07, 6.45) is 3.25. The molecule has 0 aliphatic carbocycles. The van der Waals surface area contributed by atoms with Crippen LogP contribution in [0.4, 0.5) is 0 Å². The SMILES string of the molecule is O=C(O)Cn1cc(S(=O)(=O)NCc2ncon2)cn1. The third-order valence-electron chi connectivity index (χ3n) is 2.04. The maximum Gasteiger partial charge on any atom is 0.325 e. The number of carbonyl (C=O) groups is 1. The van der Waals surface area contributed by atoms with Crippen molar-refractivity contribution < 1.29 is 22.8 Å². The van der Waals surface area contributed by atoms with Crippen LogP contribution in [0.15, 0.2) is 28.2 Å². The standard InChI is InChI=1S/C8H9N5O5S/c14-8(15)4-13-3-6(1-10-13)19(16,17)11-2-7-9-5-18-12-7/h1,3,5,11H,2,4H2,(H,14,15). The van der Waals surface area contributed by atoms with Gasteiger partial charge in [0.25, 0.3) is 0 Å². The van der Waals surface area contributed by atoms with E-state index in [2.05, 4.69) is 24.5 Å². The minimum atomic E-state index is -3.80. The van der Waals surface area contributed by atoms with E-state index < -0.39 is 22.5 Å². The lowest BCUT2D eigenvalue weighted by atomic mass is 10.6. The fourth-order valence-corrected chi connectivity index (χ4v) is 2.15. The fourth-order valence-electron chi connectivity index (χ4n) is 1.22. The van der Waals surface area contributed by atoms with Crippen molar-refractivity contribution >= 4 is 16.0 Å². The van der Waals surface area contributed by atoms with Crippen LogP contribution in [0.25, 0.3) is 0 Å². The molecule has 0 bridgehead atoms. The van der Waals surface area contributed by atoms with Crippen LogP contribution in [-0.4, -0.2) is 39.4 Å². The molecule has 2 heterocycles. The molecule has 0 unspecified atom stereocenters. The Morgan fingerprint density at radius 2 is 2.32 bits per heavy atom. The number of aliphatic carboxylic acids is 1. The summed E-state index contributed by atoms with van der Waals surface area (Å²) in [5.74, 6) is -0.937. The van der Waals surface area contributed by atoms with Gasteiger partial charge in [0.05, 0.1) is 12.7 Å². The molecular weight excluding hydrogens is 278 g/mol. The molecule has 0 aromatic carbocycles.